The van der Waals surface area contributed by atoms with Gasteiger partial charge in [-0.15, -0.1) is 0 Å². The fraction of sp³-hybridized carbons (Fsp3) is 0.667. The first-order chi connectivity index (χ1) is 7.89. The van der Waals surface area contributed by atoms with E-state index in [-0.39, 0.29) is 11.5 Å². The maximum absolute atomic E-state index is 6.15. The Balaban J connectivity index is 2.45. The lowest BCUT2D eigenvalue weighted by molar-refractivity contribution is 0.104. The topological polar surface area (TPSA) is 35.0 Å². The zero-order chi connectivity index (χ0) is 12.6. The Hall–Kier alpha value is -0.190. The summed E-state index contributed by atoms with van der Waals surface area (Å²) in [7, 11) is 0. The second-order valence-corrected chi connectivity index (χ2v) is 6.44. The van der Waals surface area contributed by atoms with Crippen LogP contribution in [0.4, 0.5) is 0 Å². The van der Waals surface area contributed by atoms with Gasteiger partial charge in [0.15, 0.2) is 5.82 Å². The summed E-state index contributed by atoms with van der Waals surface area (Å²) >= 11 is 9.61. The molecule has 3 nitrogen and oxygen atoms in total. The largest absolute Gasteiger partial charge is 0.370 e. The van der Waals surface area contributed by atoms with Crippen LogP contribution in [-0.4, -0.2) is 16.6 Å². The lowest BCUT2D eigenvalue weighted by Gasteiger charge is -2.21. The molecule has 1 aromatic rings. The van der Waals surface area contributed by atoms with Crippen molar-refractivity contribution in [2.24, 2.45) is 0 Å². The maximum Gasteiger partial charge on any atom is 0.159 e. The molecule has 1 aromatic heterocycles. The van der Waals surface area contributed by atoms with Gasteiger partial charge in [0.1, 0.15) is 11.3 Å². The molecule has 1 aliphatic heterocycles. The Bertz CT molecular complexity index is 425. The van der Waals surface area contributed by atoms with Crippen LogP contribution < -0.4 is 0 Å². The van der Waals surface area contributed by atoms with Gasteiger partial charge in [-0.05, 0) is 28.8 Å². The minimum atomic E-state index is -0.0707. The highest BCUT2D eigenvalue weighted by Gasteiger charge is 2.27. The Kier molecular flexibility index (Phi) is 3.76. The normalized spacial score (nSPS) is 20.9. The highest BCUT2D eigenvalue weighted by molar-refractivity contribution is 9.10. The zero-order valence-corrected chi connectivity index (χ0v) is 12.6. The van der Waals surface area contributed by atoms with Gasteiger partial charge < -0.3 is 4.74 Å². The SMILES string of the molecule is CC(C)(C)c1nc(C2CCCO2)nc(Cl)c1Br. The van der Waals surface area contributed by atoms with Gasteiger partial charge in [0.05, 0.1) is 10.2 Å². The average Bonchev–Trinajstić information content (AvgIpc) is 2.73. The van der Waals surface area contributed by atoms with E-state index in [1.165, 1.54) is 0 Å². The van der Waals surface area contributed by atoms with Gasteiger partial charge in [0.2, 0.25) is 0 Å². The highest BCUT2D eigenvalue weighted by Crippen LogP contribution is 2.35. The minimum absolute atomic E-state index is 0.00157. The third-order valence-corrected chi connectivity index (χ3v) is 4.01. The van der Waals surface area contributed by atoms with E-state index in [9.17, 15) is 0 Å². The monoisotopic (exact) mass is 318 g/mol. The summed E-state index contributed by atoms with van der Waals surface area (Å²) in [6.45, 7) is 7.10. The predicted octanol–water partition coefficient (Wildman–Crippen LogP) is 4.04. The molecule has 94 valence electrons. The number of ether oxygens (including phenoxy) is 1. The number of nitrogens with zero attached hydrogens (tertiary/aromatic N) is 2. The molecule has 1 atom stereocenters. The van der Waals surface area contributed by atoms with Crippen molar-refractivity contribution < 1.29 is 4.74 Å². The molecule has 2 heterocycles. The van der Waals surface area contributed by atoms with E-state index in [1.54, 1.807) is 0 Å². The first-order valence-electron chi connectivity index (χ1n) is 5.74. The lowest BCUT2D eigenvalue weighted by atomic mass is 9.92. The van der Waals surface area contributed by atoms with E-state index in [4.69, 9.17) is 16.3 Å². The van der Waals surface area contributed by atoms with Crippen LogP contribution in [0.3, 0.4) is 0 Å². The second-order valence-electron chi connectivity index (χ2n) is 5.29. The fourth-order valence-electron chi connectivity index (χ4n) is 1.86. The van der Waals surface area contributed by atoms with E-state index >= 15 is 0 Å². The van der Waals surface area contributed by atoms with Crippen molar-refractivity contribution in [3.8, 4) is 0 Å². The molecule has 17 heavy (non-hydrogen) atoms. The predicted molar refractivity (Wildman–Crippen MR) is 71.4 cm³/mol. The zero-order valence-electron chi connectivity index (χ0n) is 10.3. The molecule has 1 fully saturated rings. The van der Waals surface area contributed by atoms with Gasteiger partial charge in [-0.2, -0.15) is 0 Å². The summed E-state index contributed by atoms with van der Waals surface area (Å²) in [6, 6.07) is 0. The van der Waals surface area contributed by atoms with Crippen LogP contribution in [-0.2, 0) is 10.2 Å². The third-order valence-electron chi connectivity index (χ3n) is 2.76. The number of hydrogen-bond acceptors (Lipinski definition) is 3. The van der Waals surface area contributed by atoms with Crippen LogP contribution in [0, 0.1) is 0 Å². The molecule has 0 N–H and O–H groups in total. The molecule has 0 saturated carbocycles. The quantitative estimate of drug-likeness (QED) is 0.733. The van der Waals surface area contributed by atoms with Crippen LogP contribution in [0.25, 0.3) is 0 Å². The molecule has 1 aliphatic rings. The van der Waals surface area contributed by atoms with Gasteiger partial charge in [-0.1, -0.05) is 32.4 Å². The molecule has 0 aliphatic carbocycles. The number of rotatable bonds is 1. The number of hydrogen-bond donors (Lipinski definition) is 0. The first-order valence-corrected chi connectivity index (χ1v) is 6.91. The summed E-state index contributed by atoms with van der Waals surface area (Å²) in [5.74, 6) is 0.709. The minimum Gasteiger partial charge on any atom is -0.370 e. The average molecular weight is 320 g/mol. The molecule has 1 saturated heterocycles. The third kappa shape index (κ3) is 2.80. The standard InChI is InChI=1S/C12H16BrClN2O/c1-12(2,3)9-8(13)10(14)16-11(15-9)7-5-4-6-17-7/h7H,4-6H2,1-3H3. The number of halogens is 2. The molecule has 0 aromatic carbocycles. The first kappa shape index (κ1) is 13.2. The Morgan fingerprint density at radius 1 is 1.35 bits per heavy atom. The van der Waals surface area contributed by atoms with Crippen molar-refractivity contribution in [3.63, 3.8) is 0 Å². The molecular weight excluding hydrogens is 304 g/mol. The summed E-state index contributed by atoms with van der Waals surface area (Å²) in [6.07, 6.45) is 2.04. The van der Waals surface area contributed by atoms with Gasteiger partial charge in [0.25, 0.3) is 0 Å². The maximum atomic E-state index is 6.15. The molecule has 2 rings (SSSR count). The van der Waals surface area contributed by atoms with Crippen LogP contribution in [0.2, 0.25) is 5.15 Å². The van der Waals surface area contributed by atoms with Crippen LogP contribution in [0.15, 0.2) is 4.47 Å². The lowest BCUT2D eigenvalue weighted by Crippen LogP contribution is -2.18. The summed E-state index contributed by atoms with van der Waals surface area (Å²) in [5, 5.41) is 0.468. The summed E-state index contributed by atoms with van der Waals surface area (Å²) in [5.41, 5.74) is 0.863. The van der Waals surface area contributed by atoms with Crippen LogP contribution >= 0.6 is 27.5 Å². The molecule has 0 bridgehead atoms. The fourth-order valence-corrected chi connectivity index (χ4v) is 2.81. The van der Waals surface area contributed by atoms with Crippen LogP contribution in [0.5, 0.6) is 0 Å². The molecule has 0 radical (unpaired) electrons. The van der Waals surface area contributed by atoms with E-state index in [2.05, 4.69) is 46.7 Å². The van der Waals surface area contributed by atoms with E-state index in [0.717, 1.165) is 29.6 Å². The van der Waals surface area contributed by atoms with Crippen LogP contribution in [0.1, 0.15) is 51.2 Å². The molecule has 5 heteroatoms. The Morgan fingerprint density at radius 2 is 2.06 bits per heavy atom. The van der Waals surface area contributed by atoms with Gasteiger partial charge in [0, 0.05) is 12.0 Å². The Morgan fingerprint density at radius 3 is 2.59 bits per heavy atom. The van der Waals surface area contributed by atoms with Crippen molar-refractivity contribution in [2.75, 3.05) is 6.61 Å². The molecule has 1 unspecified atom stereocenters. The van der Waals surface area contributed by atoms with Crippen molar-refractivity contribution >= 4 is 27.5 Å². The summed E-state index contributed by atoms with van der Waals surface area (Å²) < 4.78 is 6.39. The van der Waals surface area contributed by atoms with Crippen molar-refractivity contribution in [3.05, 3.63) is 21.1 Å². The van der Waals surface area contributed by atoms with E-state index in [0.29, 0.717) is 11.0 Å². The second kappa shape index (κ2) is 4.82. The van der Waals surface area contributed by atoms with Gasteiger partial charge in [-0.25, -0.2) is 9.97 Å². The smallest absolute Gasteiger partial charge is 0.159 e. The Labute approximate surface area is 115 Å². The molecule has 0 spiro atoms. The van der Waals surface area contributed by atoms with E-state index < -0.39 is 0 Å². The molecule has 0 amide bonds. The van der Waals surface area contributed by atoms with Crippen molar-refractivity contribution in [1.29, 1.82) is 0 Å². The van der Waals surface area contributed by atoms with Gasteiger partial charge >= 0.3 is 0 Å². The number of aromatic nitrogens is 2. The van der Waals surface area contributed by atoms with Gasteiger partial charge in [-0.3, -0.25) is 0 Å². The van der Waals surface area contributed by atoms with Crippen molar-refractivity contribution in [2.45, 2.75) is 45.1 Å². The summed E-state index contributed by atoms with van der Waals surface area (Å²) in [4.78, 5) is 8.93. The highest BCUT2D eigenvalue weighted by atomic mass is 79.9. The van der Waals surface area contributed by atoms with Crippen molar-refractivity contribution in [1.82, 2.24) is 9.97 Å². The molecular formula is C12H16BrClN2O. The van der Waals surface area contributed by atoms with E-state index in [1.807, 2.05) is 0 Å².